The molecule has 0 saturated carbocycles. The molecule has 4 rings (SSSR count). The first kappa shape index (κ1) is 26.5. The molecule has 1 aromatic heterocycles. The van der Waals surface area contributed by atoms with Crippen molar-refractivity contribution in [2.75, 3.05) is 45.0 Å². The number of carboxylic acids is 1. The lowest BCUT2D eigenvalue weighted by molar-refractivity contribution is -0.900. The van der Waals surface area contributed by atoms with Crippen molar-refractivity contribution in [1.82, 2.24) is 19.6 Å². The molecule has 17 heteroatoms. The van der Waals surface area contributed by atoms with Crippen LogP contribution < -0.4 is 21.9 Å². The molecule has 0 aromatic carbocycles. The number of β-lactam (4-membered cyclic amide) rings is 1. The Morgan fingerprint density at radius 3 is 2.76 bits per heavy atom. The Labute approximate surface area is 217 Å². The maximum atomic E-state index is 13.0. The van der Waals surface area contributed by atoms with Crippen LogP contribution in [0.4, 0.5) is 9.52 Å². The molecule has 5 N–H and O–H groups in total. The van der Waals surface area contributed by atoms with Gasteiger partial charge in [-0.25, -0.2) is 4.39 Å². The number of nitrogens with two attached hydrogens (primary N) is 2. The Hall–Kier alpha value is -3.57. The van der Waals surface area contributed by atoms with Crippen molar-refractivity contribution in [3.63, 3.8) is 0 Å². The molecular formula is C20H23FN8O6S2. The first-order chi connectivity index (χ1) is 17.5. The number of nitrogens with one attached hydrogen (secondary N) is 1. The number of likely N-dealkylation sites (N-methyl/N-ethyl adjacent to an activating group) is 1. The Balaban J connectivity index is 1.51. The van der Waals surface area contributed by atoms with Crippen molar-refractivity contribution in [2.45, 2.75) is 17.8 Å². The van der Waals surface area contributed by atoms with E-state index in [0.29, 0.717) is 41.7 Å². The number of hydrogen-bond acceptors (Lipinski definition) is 12. The summed E-state index contributed by atoms with van der Waals surface area (Å²) >= 11 is 2.06. The van der Waals surface area contributed by atoms with Crippen molar-refractivity contribution < 1.29 is 38.0 Å². The van der Waals surface area contributed by atoms with Gasteiger partial charge >= 0.3 is 0 Å². The van der Waals surface area contributed by atoms with Gasteiger partial charge < -0.3 is 36.0 Å². The summed E-state index contributed by atoms with van der Waals surface area (Å²) in [4.78, 5) is 58.6. The molecule has 37 heavy (non-hydrogen) atoms. The second kappa shape index (κ2) is 10.4. The molecule has 198 valence electrons. The Kier molecular flexibility index (Phi) is 7.47. The van der Waals surface area contributed by atoms with Crippen LogP contribution in [0.5, 0.6) is 0 Å². The number of fused-ring (bicyclic) bond motifs is 1. The molecule has 3 aliphatic rings. The van der Waals surface area contributed by atoms with Gasteiger partial charge in [-0.05, 0) is 6.08 Å². The maximum Gasteiger partial charge on any atom is 0.278 e. The SMILES string of the molecule is C[N+]1(CC2=C(C(=O)[O-])N3C(=O)[C@@H](NC(=O)/C(=N\OCF)c4nsc(N)n4)[C@H]3SC2)CC=C(C(N)=O)CC1. The van der Waals surface area contributed by atoms with E-state index < -0.39 is 47.7 Å². The summed E-state index contributed by atoms with van der Waals surface area (Å²) in [5.41, 5.74) is 11.2. The average molecular weight is 555 g/mol. The first-order valence-corrected chi connectivity index (χ1v) is 12.7. The van der Waals surface area contributed by atoms with Gasteiger partial charge in [0.15, 0.2) is 5.13 Å². The number of primary amides is 1. The monoisotopic (exact) mass is 554 g/mol. The highest BCUT2D eigenvalue weighted by Crippen LogP contribution is 2.41. The number of carbonyl (C=O) groups is 4. The zero-order chi connectivity index (χ0) is 26.9. The van der Waals surface area contributed by atoms with Crippen molar-refractivity contribution in [2.24, 2.45) is 10.9 Å². The fourth-order valence-electron chi connectivity index (χ4n) is 4.35. The fourth-order valence-corrected chi connectivity index (χ4v) is 6.12. The van der Waals surface area contributed by atoms with Crippen molar-refractivity contribution in [1.29, 1.82) is 0 Å². The summed E-state index contributed by atoms with van der Waals surface area (Å²) in [7, 11) is 1.92. The summed E-state index contributed by atoms with van der Waals surface area (Å²) in [6.07, 6.45) is 2.21. The third kappa shape index (κ3) is 5.28. The van der Waals surface area contributed by atoms with Crippen LogP contribution in [0, 0.1) is 0 Å². The van der Waals surface area contributed by atoms with Crippen molar-refractivity contribution in [3.05, 3.63) is 28.7 Å². The predicted octanol–water partition coefficient (Wildman–Crippen LogP) is -2.57. The minimum absolute atomic E-state index is 0.0344. The lowest BCUT2D eigenvalue weighted by Gasteiger charge is -2.51. The molecule has 1 fully saturated rings. The Morgan fingerprint density at radius 2 is 2.19 bits per heavy atom. The van der Waals surface area contributed by atoms with Gasteiger partial charge in [-0.1, -0.05) is 5.16 Å². The molecular weight excluding hydrogens is 531 g/mol. The predicted molar refractivity (Wildman–Crippen MR) is 128 cm³/mol. The molecule has 1 unspecified atom stereocenters. The lowest BCUT2D eigenvalue weighted by Crippen LogP contribution is -2.72. The summed E-state index contributed by atoms with van der Waals surface area (Å²) < 4.78 is 16.8. The number of aromatic nitrogens is 2. The van der Waals surface area contributed by atoms with E-state index in [9.17, 15) is 28.7 Å². The second-order valence-electron chi connectivity index (χ2n) is 8.76. The molecule has 0 spiro atoms. The molecule has 1 aromatic rings. The van der Waals surface area contributed by atoms with E-state index in [1.54, 1.807) is 6.08 Å². The van der Waals surface area contributed by atoms with Crippen LogP contribution in [0.1, 0.15) is 12.2 Å². The smallest absolute Gasteiger partial charge is 0.278 e. The third-order valence-electron chi connectivity index (χ3n) is 6.19. The van der Waals surface area contributed by atoms with Gasteiger partial charge in [0.05, 0.1) is 31.8 Å². The van der Waals surface area contributed by atoms with Gasteiger partial charge in [0, 0.05) is 34.9 Å². The number of hydrogen-bond donors (Lipinski definition) is 3. The number of carboxylic acid groups (broad SMARTS) is 1. The van der Waals surface area contributed by atoms with Gasteiger partial charge in [-0.2, -0.15) is 9.36 Å². The van der Waals surface area contributed by atoms with Gasteiger partial charge in [-0.15, -0.1) is 11.8 Å². The van der Waals surface area contributed by atoms with Crippen molar-refractivity contribution >= 4 is 57.8 Å². The second-order valence-corrected chi connectivity index (χ2v) is 10.7. The highest BCUT2D eigenvalue weighted by Gasteiger charge is 2.53. The number of halogens is 1. The van der Waals surface area contributed by atoms with Crippen molar-refractivity contribution in [3.8, 4) is 0 Å². The molecule has 0 aliphatic carbocycles. The van der Waals surface area contributed by atoms with E-state index in [1.807, 2.05) is 7.05 Å². The summed E-state index contributed by atoms with van der Waals surface area (Å²) in [5, 5.41) is 17.3. The summed E-state index contributed by atoms with van der Waals surface area (Å²) in [6.45, 7) is 0.0455. The van der Waals surface area contributed by atoms with Gasteiger partial charge in [0.2, 0.25) is 17.4 Å². The quantitative estimate of drug-likeness (QED) is 0.126. The number of amides is 3. The highest BCUT2D eigenvalue weighted by molar-refractivity contribution is 8.00. The Bertz CT molecular complexity index is 1250. The Morgan fingerprint density at radius 1 is 1.43 bits per heavy atom. The van der Waals surface area contributed by atoms with Crippen LogP contribution in [-0.2, 0) is 24.0 Å². The number of alkyl halides is 1. The molecule has 0 radical (unpaired) electrons. The third-order valence-corrected chi connectivity index (χ3v) is 8.07. The van der Waals surface area contributed by atoms with Crippen LogP contribution in [0.25, 0.3) is 0 Å². The normalized spacial score (nSPS) is 25.7. The standard InChI is InChI=1S/C20H23FN8O6S2/c1-29(4-2-9(3-5-29)14(22)30)6-10-7-36-18-12(17(32)28(18)13(10)19(33)34)24-16(31)11(26-35-8-21)15-25-20(23)37-27-15/h2,12,18H,3-8H2,1H3,(H5-,22,23,24,25,27,30,31,33,34)/b26-11-/t12-,18-,29?/m1/s1. The maximum absolute atomic E-state index is 13.0. The van der Waals surface area contributed by atoms with Crippen LogP contribution in [0.3, 0.4) is 0 Å². The fraction of sp³-hybridized carbons (Fsp3) is 0.450. The minimum Gasteiger partial charge on any atom is -0.543 e. The molecule has 3 atom stereocenters. The molecule has 14 nitrogen and oxygen atoms in total. The zero-order valence-corrected chi connectivity index (χ0v) is 21.1. The van der Waals surface area contributed by atoms with E-state index in [-0.39, 0.29) is 22.4 Å². The number of quaternary nitrogens is 1. The first-order valence-electron chi connectivity index (χ1n) is 10.9. The van der Waals surface area contributed by atoms with Crippen LogP contribution in [-0.4, -0.2) is 98.9 Å². The number of oxime groups is 1. The van der Waals surface area contributed by atoms with Gasteiger partial charge in [0.1, 0.15) is 18.0 Å². The van der Waals surface area contributed by atoms with Crippen LogP contribution in [0.2, 0.25) is 0 Å². The summed E-state index contributed by atoms with van der Waals surface area (Å²) in [5.74, 6) is -3.49. The topological polar surface area (TPSA) is 206 Å². The van der Waals surface area contributed by atoms with E-state index in [4.69, 9.17) is 11.5 Å². The van der Waals surface area contributed by atoms with Gasteiger partial charge in [-0.3, -0.25) is 19.3 Å². The number of carbonyl (C=O) groups excluding carboxylic acids is 4. The van der Waals surface area contributed by atoms with E-state index in [0.717, 1.165) is 16.4 Å². The molecule has 3 amide bonds. The number of nitrogens with zero attached hydrogens (tertiary/aromatic N) is 5. The largest absolute Gasteiger partial charge is 0.543 e. The highest BCUT2D eigenvalue weighted by atomic mass is 32.2. The van der Waals surface area contributed by atoms with E-state index >= 15 is 0 Å². The minimum atomic E-state index is -1.50. The molecule has 0 bridgehead atoms. The number of nitrogen functional groups attached to an aromatic ring is 1. The van der Waals surface area contributed by atoms with Gasteiger partial charge in [0.25, 0.3) is 18.7 Å². The molecule has 3 aliphatic heterocycles. The van der Waals surface area contributed by atoms with E-state index in [2.05, 4.69) is 24.7 Å². The number of rotatable bonds is 9. The average Bonchev–Trinajstić information content (AvgIpc) is 3.28. The lowest BCUT2D eigenvalue weighted by atomic mass is 10.0. The zero-order valence-electron chi connectivity index (χ0n) is 19.5. The number of aliphatic carboxylic acids is 1. The van der Waals surface area contributed by atoms with Crippen LogP contribution in [0.15, 0.2) is 28.1 Å². The number of anilines is 1. The van der Waals surface area contributed by atoms with Crippen LogP contribution >= 0.6 is 23.3 Å². The van der Waals surface area contributed by atoms with E-state index in [1.165, 1.54) is 11.8 Å². The number of thioether (sulfide) groups is 1. The molecule has 1 saturated heterocycles. The molecule has 4 heterocycles. The summed E-state index contributed by atoms with van der Waals surface area (Å²) in [6, 6.07) is -1.08.